The zero-order valence-electron chi connectivity index (χ0n) is 10.7. The van der Waals surface area contributed by atoms with Crippen LogP contribution in [0.15, 0.2) is 24.3 Å². The largest absolute Gasteiger partial charge is 0.497 e. The van der Waals surface area contributed by atoms with Gasteiger partial charge in [0, 0.05) is 24.3 Å². The molecule has 1 saturated heterocycles. The number of methoxy groups -OCH3 is 1. The van der Waals surface area contributed by atoms with Crippen LogP contribution >= 0.6 is 0 Å². The topological polar surface area (TPSA) is 67.6 Å². The molecule has 0 aromatic heterocycles. The molecule has 2 rings (SSSR count). The van der Waals surface area contributed by atoms with Gasteiger partial charge in [-0.2, -0.15) is 0 Å². The van der Waals surface area contributed by atoms with E-state index < -0.39 is 0 Å². The van der Waals surface area contributed by atoms with Gasteiger partial charge in [-0.15, -0.1) is 0 Å². The van der Waals surface area contributed by atoms with Crippen LogP contribution in [0.5, 0.6) is 5.75 Å². The van der Waals surface area contributed by atoms with Crippen molar-refractivity contribution in [1.29, 1.82) is 0 Å². The zero-order chi connectivity index (χ0) is 13.1. The summed E-state index contributed by atoms with van der Waals surface area (Å²) >= 11 is 0. The first-order chi connectivity index (χ1) is 8.61. The molecule has 1 aliphatic heterocycles. The van der Waals surface area contributed by atoms with Crippen molar-refractivity contribution in [3.63, 3.8) is 0 Å². The van der Waals surface area contributed by atoms with Gasteiger partial charge >= 0.3 is 6.03 Å². The van der Waals surface area contributed by atoms with E-state index in [2.05, 4.69) is 5.32 Å². The smallest absolute Gasteiger partial charge is 0.322 e. The fourth-order valence-electron chi connectivity index (χ4n) is 2.12. The Bertz CT molecular complexity index is 419. The first-order valence-corrected chi connectivity index (χ1v) is 6.09. The molecule has 5 heteroatoms. The molecule has 0 bridgehead atoms. The van der Waals surface area contributed by atoms with Gasteiger partial charge in [-0.3, -0.25) is 0 Å². The first kappa shape index (κ1) is 12.7. The highest BCUT2D eigenvalue weighted by Gasteiger charge is 2.31. The minimum Gasteiger partial charge on any atom is -0.497 e. The zero-order valence-corrected chi connectivity index (χ0v) is 10.7. The summed E-state index contributed by atoms with van der Waals surface area (Å²) in [4.78, 5) is 13.8. The molecule has 3 N–H and O–H groups in total. The first-order valence-electron chi connectivity index (χ1n) is 6.09. The number of hydrogen-bond donors (Lipinski definition) is 2. The van der Waals surface area contributed by atoms with Gasteiger partial charge < -0.3 is 20.7 Å². The second-order valence-electron chi connectivity index (χ2n) is 4.55. The molecule has 98 valence electrons. The molecule has 0 aliphatic carbocycles. The third-order valence-electron chi connectivity index (χ3n) is 3.42. The van der Waals surface area contributed by atoms with Crippen LogP contribution in [0.2, 0.25) is 0 Å². The Morgan fingerprint density at radius 1 is 1.44 bits per heavy atom. The molecular formula is C13H19N3O2. The number of benzene rings is 1. The Labute approximate surface area is 107 Å². The summed E-state index contributed by atoms with van der Waals surface area (Å²) in [5.74, 6) is 0.768. The van der Waals surface area contributed by atoms with Gasteiger partial charge in [0.05, 0.1) is 7.11 Å². The lowest BCUT2D eigenvalue weighted by Gasteiger charge is -2.23. The second-order valence-corrected chi connectivity index (χ2v) is 4.55. The lowest BCUT2D eigenvalue weighted by Crippen LogP contribution is -2.42. The average Bonchev–Trinajstić information content (AvgIpc) is 2.71. The quantitative estimate of drug-likeness (QED) is 0.837. The third-order valence-corrected chi connectivity index (χ3v) is 3.42. The van der Waals surface area contributed by atoms with Crippen molar-refractivity contribution < 1.29 is 9.53 Å². The molecule has 1 heterocycles. The molecule has 18 heavy (non-hydrogen) atoms. The van der Waals surface area contributed by atoms with Crippen molar-refractivity contribution in [1.82, 2.24) is 4.90 Å². The van der Waals surface area contributed by atoms with Crippen molar-refractivity contribution in [2.45, 2.75) is 25.4 Å². The molecular weight excluding hydrogens is 230 g/mol. The lowest BCUT2D eigenvalue weighted by atomic mass is 10.2. The van der Waals surface area contributed by atoms with Crippen LogP contribution in [-0.4, -0.2) is 36.7 Å². The number of carbonyl (C=O) groups is 1. The number of likely N-dealkylation sites (tertiary alicyclic amines) is 1. The van der Waals surface area contributed by atoms with Crippen molar-refractivity contribution in [3.05, 3.63) is 24.3 Å². The average molecular weight is 249 g/mol. The van der Waals surface area contributed by atoms with Crippen molar-refractivity contribution in [2.75, 3.05) is 19.0 Å². The van der Waals surface area contributed by atoms with Gasteiger partial charge in [0.25, 0.3) is 0 Å². The fourth-order valence-corrected chi connectivity index (χ4v) is 2.12. The summed E-state index contributed by atoms with van der Waals surface area (Å²) < 4.78 is 5.07. The number of nitrogens with two attached hydrogens (primary N) is 1. The number of nitrogens with zero attached hydrogens (tertiary/aromatic N) is 1. The lowest BCUT2D eigenvalue weighted by molar-refractivity contribution is 0.208. The van der Waals surface area contributed by atoms with Gasteiger partial charge in [-0.1, -0.05) is 0 Å². The van der Waals surface area contributed by atoms with E-state index in [1.54, 1.807) is 12.0 Å². The number of ether oxygens (including phenoxy) is 1. The normalized spacial score (nSPS) is 22.9. The number of carbonyl (C=O) groups excluding carboxylic acids is 1. The molecule has 1 fully saturated rings. The second kappa shape index (κ2) is 5.27. The highest BCUT2D eigenvalue weighted by Crippen LogP contribution is 2.19. The van der Waals surface area contributed by atoms with E-state index in [1.807, 2.05) is 31.2 Å². The Morgan fingerprint density at radius 2 is 2.11 bits per heavy atom. The summed E-state index contributed by atoms with van der Waals surface area (Å²) in [5, 5.41) is 2.86. The molecule has 1 aromatic rings. The van der Waals surface area contributed by atoms with Crippen molar-refractivity contribution in [3.8, 4) is 5.75 Å². The minimum absolute atomic E-state index is 0.0756. The van der Waals surface area contributed by atoms with E-state index >= 15 is 0 Å². The van der Waals surface area contributed by atoms with E-state index in [-0.39, 0.29) is 18.1 Å². The Balaban J connectivity index is 1.98. The van der Waals surface area contributed by atoms with Crippen LogP contribution < -0.4 is 15.8 Å². The Hall–Kier alpha value is -1.75. The predicted molar refractivity (Wildman–Crippen MR) is 70.8 cm³/mol. The summed E-state index contributed by atoms with van der Waals surface area (Å²) in [6, 6.07) is 7.33. The van der Waals surface area contributed by atoms with Crippen molar-refractivity contribution in [2.24, 2.45) is 5.73 Å². The van der Waals surface area contributed by atoms with E-state index in [9.17, 15) is 4.79 Å². The van der Waals surface area contributed by atoms with E-state index in [0.717, 1.165) is 17.9 Å². The SMILES string of the molecule is COc1ccc(NC(=O)N2CCC(N)C2C)cc1. The maximum atomic E-state index is 12.1. The number of hydrogen-bond acceptors (Lipinski definition) is 3. The monoisotopic (exact) mass is 249 g/mol. The van der Waals surface area contributed by atoms with Crippen LogP contribution in [0.4, 0.5) is 10.5 Å². The summed E-state index contributed by atoms with van der Waals surface area (Å²) in [5.41, 5.74) is 6.66. The van der Waals surface area contributed by atoms with Gasteiger partial charge in [0.2, 0.25) is 0 Å². The van der Waals surface area contributed by atoms with Gasteiger partial charge in [0.15, 0.2) is 0 Å². The van der Waals surface area contributed by atoms with Gasteiger partial charge in [0.1, 0.15) is 5.75 Å². The van der Waals surface area contributed by atoms with Crippen LogP contribution in [0.1, 0.15) is 13.3 Å². The fraction of sp³-hybridized carbons (Fsp3) is 0.462. The number of nitrogens with one attached hydrogen (secondary N) is 1. The molecule has 2 amide bonds. The van der Waals surface area contributed by atoms with Crippen LogP contribution in [0.25, 0.3) is 0 Å². The van der Waals surface area contributed by atoms with E-state index in [1.165, 1.54) is 0 Å². The van der Waals surface area contributed by atoms with E-state index in [4.69, 9.17) is 10.5 Å². The number of rotatable bonds is 2. The Morgan fingerprint density at radius 3 is 2.61 bits per heavy atom. The predicted octanol–water partition coefficient (Wildman–Crippen LogP) is 1.65. The Kier molecular flexibility index (Phi) is 3.72. The summed E-state index contributed by atoms with van der Waals surface area (Å²) in [7, 11) is 1.61. The number of amides is 2. The minimum atomic E-state index is -0.0967. The molecule has 1 aromatic carbocycles. The molecule has 0 saturated carbocycles. The number of urea groups is 1. The van der Waals surface area contributed by atoms with Crippen molar-refractivity contribution >= 4 is 11.7 Å². The summed E-state index contributed by atoms with van der Waals surface area (Å²) in [6.45, 7) is 2.69. The van der Waals surface area contributed by atoms with Crippen LogP contribution in [0, 0.1) is 0 Å². The maximum absolute atomic E-state index is 12.1. The summed E-state index contributed by atoms with van der Waals surface area (Å²) in [6.07, 6.45) is 0.858. The van der Waals surface area contributed by atoms with Crippen LogP contribution in [-0.2, 0) is 0 Å². The molecule has 0 spiro atoms. The molecule has 0 radical (unpaired) electrons. The van der Waals surface area contributed by atoms with Gasteiger partial charge in [-0.05, 0) is 37.6 Å². The molecule has 5 nitrogen and oxygen atoms in total. The highest BCUT2D eigenvalue weighted by molar-refractivity contribution is 5.89. The highest BCUT2D eigenvalue weighted by atomic mass is 16.5. The van der Waals surface area contributed by atoms with Gasteiger partial charge in [-0.25, -0.2) is 4.79 Å². The third kappa shape index (κ3) is 2.56. The number of anilines is 1. The molecule has 2 unspecified atom stereocenters. The standard InChI is InChI=1S/C13H19N3O2/c1-9-12(14)7-8-16(9)13(17)15-10-3-5-11(18-2)6-4-10/h3-6,9,12H,7-8,14H2,1-2H3,(H,15,17). The molecule has 1 aliphatic rings. The van der Waals surface area contributed by atoms with Crippen LogP contribution in [0.3, 0.4) is 0 Å². The van der Waals surface area contributed by atoms with E-state index in [0.29, 0.717) is 6.54 Å². The molecule has 2 atom stereocenters. The maximum Gasteiger partial charge on any atom is 0.322 e.